The van der Waals surface area contributed by atoms with Gasteiger partial charge < -0.3 is 14.4 Å². The Morgan fingerprint density at radius 2 is 1.92 bits per heavy atom. The van der Waals surface area contributed by atoms with Crippen molar-refractivity contribution in [2.75, 3.05) is 24.7 Å². The van der Waals surface area contributed by atoms with E-state index in [-0.39, 0.29) is 12.3 Å². The maximum Gasteiger partial charge on any atom is 0.167 e. The van der Waals surface area contributed by atoms with Crippen molar-refractivity contribution in [1.82, 2.24) is 34.2 Å². The molecule has 8 rings (SSSR count). The predicted molar refractivity (Wildman–Crippen MR) is 139 cm³/mol. The summed E-state index contributed by atoms with van der Waals surface area (Å²) >= 11 is 0. The molecule has 0 aliphatic carbocycles. The van der Waals surface area contributed by atoms with E-state index in [2.05, 4.69) is 29.9 Å². The standard InChI is InChI=1S/C27H34N8O2/c1-17-26(18(2)32(3)31-17)23-13-24(33-15-20-8-6-7-19(33)16-37-20)30-27-21(14-29-35(23)27)22-10-11-28-34(22)25-9-4-5-12-36-25/h10-11,13-14,19-20,25H,4-9,12,15-16H2,1-3H3. The smallest absolute Gasteiger partial charge is 0.167 e. The summed E-state index contributed by atoms with van der Waals surface area (Å²) < 4.78 is 18.1. The number of ether oxygens (including phenoxy) is 2. The average Bonchev–Trinajstić information content (AvgIpc) is 3.52. The van der Waals surface area contributed by atoms with Crippen molar-refractivity contribution in [1.29, 1.82) is 0 Å². The Morgan fingerprint density at radius 3 is 2.73 bits per heavy atom. The van der Waals surface area contributed by atoms with E-state index in [0.717, 1.165) is 97.2 Å². The third-order valence-electron chi connectivity index (χ3n) is 8.32. The van der Waals surface area contributed by atoms with E-state index in [0.29, 0.717) is 6.04 Å². The molecule has 8 heterocycles. The first-order chi connectivity index (χ1) is 18.1. The molecule has 0 amide bonds. The Balaban J connectivity index is 1.43. The maximum absolute atomic E-state index is 6.12. The summed E-state index contributed by atoms with van der Waals surface area (Å²) in [7, 11) is 1.99. The van der Waals surface area contributed by atoms with Crippen molar-refractivity contribution in [3.8, 4) is 22.5 Å². The first-order valence-electron chi connectivity index (χ1n) is 13.5. The molecular weight excluding hydrogens is 468 g/mol. The molecule has 4 aromatic heterocycles. The lowest BCUT2D eigenvalue weighted by molar-refractivity contribution is -0.0383. The van der Waals surface area contributed by atoms with Gasteiger partial charge in [0.15, 0.2) is 11.9 Å². The van der Waals surface area contributed by atoms with Gasteiger partial charge in [0.1, 0.15) is 5.82 Å². The number of morpholine rings is 1. The van der Waals surface area contributed by atoms with E-state index in [1.807, 2.05) is 39.4 Å². The Hall–Kier alpha value is -3.24. The lowest BCUT2D eigenvalue weighted by Gasteiger charge is -2.37. The first kappa shape index (κ1) is 22.9. The molecule has 0 N–H and O–H groups in total. The summed E-state index contributed by atoms with van der Waals surface area (Å²) in [6.07, 6.45) is 10.6. The molecule has 37 heavy (non-hydrogen) atoms. The van der Waals surface area contributed by atoms with Crippen LogP contribution < -0.4 is 4.90 Å². The van der Waals surface area contributed by atoms with Crippen LogP contribution >= 0.6 is 0 Å². The van der Waals surface area contributed by atoms with Crippen LogP contribution in [0.25, 0.3) is 28.2 Å². The maximum atomic E-state index is 6.12. The number of aromatic nitrogens is 7. The number of aryl methyl sites for hydroxylation is 2. The number of rotatable bonds is 4. The average molecular weight is 503 g/mol. The molecule has 4 saturated heterocycles. The Labute approximate surface area is 216 Å². The van der Waals surface area contributed by atoms with Gasteiger partial charge in [-0.15, -0.1) is 0 Å². The van der Waals surface area contributed by atoms with Gasteiger partial charge in [-0.25, -0.2) is 14.2 Å². The fourth-order valence-corrected chi connectivity index (χ4v) is 6.31. The van der Waals surface area contributed by atoms with Gasteiger partial charge in [0, 0.05) is 43.7 Å². The highest BCUT2D eigenvalue weighted by Gasteiger charge is 2.34. The molecule has 2 bridgehead atoms. The molecule has 0 spiro atoms. The molecule has 10 nitrogen and oxygen atoms in total. The van der Waals surface area contributed by atoms with Crippen molar-refractivity contribution < 1.29 is 9.47 Å². The van der Waals surface area contributed by atoms with Crippen molar-refractivity contribution in [3.63, 3.8) is 0 Å². The number of hydrogen-bond acceptors (Lipinski definition) is 7. The van der Waals surface area contributed by atoms with Crippen LogP contribution in [0.5, 0.6) is 0 Å². The minimum Gasteiger partial charge on any atom is -0.374 e. The lowest BCUT2D eigenvalue weighted by atomic mass is 10.1. The molecule has 4 aromatic rings. The fourth-order valence-electron chi connectivity index (χ4n) is 6.31. The van der Waals surface area contributed by atoms with Crippen molar-refractivity contribution >= 4 is 11.5 Å². The summed E-state index contributed by atoms with van der Waals surface area (Å²) in [5.74, 6) is 0.979. The van der Waals surface area contributed by atoms with E-state index in [1.165, 1.54) is 6.42 Å². The van der Waals surface area contributed by atoms with Gasteiger partial charge >= 0.3 is 0 Å². The number of anilines is 1. The number of hydrogen-bond donors (Lipinski definition) is 0. The quantitative estimate of drug-likeness (QED) is 0.416. The molecule has 194 valence electrons. The highest BCUT2D eigenvalue weighted by atomic mass is 16.5. The SMILES string of the molecule is Cc1nn(C)c(C)c1-c1cc(N2CC3CCCC2CO3)nc2c(-c3ccnn3C3CCCCO3)cnn12. The van der Waals surface area contributed by atoms with Crippen LogP contribution in [0.2, 0.25) is 0 Å². The lowest BCUT2D eigenvalue weighted by Crippen LogP contribution is -2.48. The minimum absolute atomic E-state index is 0.0577. The van der Waals surface area contributed by atoms with E-state index in [1.54, 1.807) is 0 Å². The van der Waals surface area contributed by atoms with Crippen molar-refractivity contribution in [2.24, 2.45) is 7.05 Å². The summed E-state index contributed by atoms with van der Waals surface area (Å²) in [4.78, 5) is 7.74. The van der Waals surface area contributed by atoms with Gasteiger partial charge in [0.2, 0.25) is 0 Å². The van der Waals surface area contributed by atoms with E-state index in [9.17, 15) is 0 Å². The Bertz CT molecular complexity index is 1440. The van der Waals surface area contributed by atoms with E-state index < -0.39 is 0 Å². The molecular formula is C27H34N8O2. The topological polar surface area (TPSA) is 87.5 Å². The molecule has 0 saturated carbocycles. The van der Waals surface area contributed by atoms with Crippen LogP contribution in [-0.4, -0.2) is 66.1 Å². The van der Waals surface area contributed by atoms with Gasteiger partial charge in [-0.2, -0.15) is 15.3 Å². The first-order valence-corrected chi connectivity index (χ1v) is 13.5. The highest BCUT2D eigenvalue weighted by Crippen LogP contribution is 2.37. The van der Waals surface area contributed by atoms with Gasteiger partial charge in [0.05, 0.1) is 47.6 Å². The van der Waals surface area contributed by atoms with Gasteiger partial charge in [-0.05, 0) is 58.4 Å². The summed E-state index contributed by atoms with van der Waals surface area (Å²) in [6.45, 7) is 6.58. The molecule has 4 aliphatic rings. The molecule has 10 heteroatoms. The fraction of sp³-hybridized carbons (Fsp3) is 0.556. The van der Waals surface area contributed by atoms with E-state index in [4.69, 9.17) is 24.7 Å². The third-order valence-corrected chi connectivity index (χ3v) is 8.32. The highest BCUT2D eigenvalue weighted by molar-refractivity contribution is 5.80. The Morgan fingerprint density at radius 1 is 1.00 bits per heavy atom. The summed E-state index contributed by atoms with van der Waals surface area (Å²) in [6, 6.07) is 4.58. The molecule has 3 unspecified atom stereocenters. The van der Waals surface area contributed by atoms with Crippen molar-refractivity contribution in [2.45, 2.75) is 70.7 Å². The number of nitrogens with zero attached hydrogens (tertiary/aromatic N) is 8. The second-order valence-electron chi connectivity index (χ2n) is 10.6. The largest absolute Gasteiger partial charge is 0.374 e. The van der Waals surface area contributed by atoms with Crippen LogP contribution in [0.1, 0.15) is 56.1 Å². The van der Waals surface area contributed by atoms with Crippen LogP contribution in [0, 0.1) is 13.8 Å². The van der Waals surface area contributed by atoms with Gasteiger partial charge in [-0.3, -0.25) is 4.68 Å². The molecule has 3 atom stereocenters. The molecule has 0 radical (unpaired) electrons. The zero-order valence-corrected chi connectivity index (χ0v) is 21.8. The molecule has 0 aromatic carbocycles. The predicted octanol–water partition coefficient (Wildman–Crippen LogP) is 4.07. The second kappa shape index (κ2) is 8.95. The zero-order chi connectivity index (χ0) is 25.1. The normalized spacial score (nSPS) is 24.2. The molecule has 4 aliphatic heterocycles. The minimum atomic E-state index is -0.0577. The van der Waals surface area contributed by atoms with Crippen LogP contribution in [0.3, 0.4) is 0 Å². The summed E-state index contributed by atoms with van der Waals surface area (Å²) in [5, 5.41) is 14.2. The molecule has 4 fully saturated rings. The van der Waals surface area contributed by atoms with Crippen molar-refractivity contribution in [3.05, 3.63) is 35.9 Å². The van der Waals surface area contributed by atoms with E-state index >= 15 is 0 Å². The third kappa shape index (κ3) is 3.76. The van der Waals surface area contributed by atoms with Crippen LogP contribution in [0.15, 0.2) is 24.5 Å². The second-order valence-corrected chi connectivity index (χ2v) is 10.6. The number of fused-ring (bicyclic) bond motifs is 5. The van der Waals surface area contributed by atoms with Crippen LogP contribution in [-0.2, 0) is 16.5 Å². The van der Waals surface area contributed by atoms with Gasteiger partial charge in [-0.1, -0.05) is 0 Å². The Kier molecular flexibility index (Phi) is 5.54. The van der Waals surface area contributed by atoms with Gasteiger partial charge in [0.25, 0.3) is 0 Å². The summed E-state index contributed by atoms with van der Waals surface area (Å²) in [5.41, 5.74) is 6.98. The monoisotopic (exact) mass is 502 g/mol. The zero-order valence-electron chi connectivity index (χ0n) is 21.8. The van der Waals surface area contributed by atoms with Crippen LogP contribution in [0.4, 0.5) is 5.82 Å².